The van der Waals surface area contributed by atoms with Crippen molar-refractivity contribution in [3.05, 3.63) is 0 Å². The number of rotatable bonds is 3. The second-order valence-corrected chi connectivity index (χ2v) is 6.34. The third-order valence-corrected chi connectivity index (χ3v) is 5.56. The lowest BCUT2D eigenvalue weighted by Crippen LogP contribution is -2.62. The summed E-state index contributed by atoms with van der Waals surface area (Å²) in [4.78, 5) is 5.24. The zero-order chi connectivity index (χ0) is 12.6. The predicted octanol–water partition coefficient (Wildman–Crippen LogP) is 0.663. The van der Waals surface area contributed by atoms with E-state index in [1.165, 1.54) is 45.2 Å². The Kier molecular flexibility index (Phi) is 3.63. The zero-order valence-electron chi connectivity index (χ0n) is 11.6. The molecule has 3 aliphatic heterocycles. The first-order chi connectivity index (χ1) is 8.75. The maximum atomic E-state index is 6.19. The van der Waals surface area contributed by atoms with E-state index in [1.807, 2.05) is 0 Å². The molecule has 0 amide bonds. The SMILES string of the molecule is CN(C1CCOC1)C1(CN)CCN2CCCC2C1. The average molecular weight is 253 g/mol. The summed E-state index contributed by atoms with van der Waals surface area (Å²) in [5.41, 5.74) is 6.41. The van der Waals surface area contributed by atoms with Crippen LogP contribution in [0.1, 0.15) is 32.1 Å². The Labute approximate surface area is 110 Å². The van der Waals surface area contributed by atoms with Gasteiger partial charge in [-0.25, -0.2) is 0 Å². The van der Waals surface area contributed by atoms with Crippen LogP contribution < -0.4 is 5.73 Å². The zero-order valence-corrected chi connectivity index (χ0v) is 11.6. The molecule has 3 rings (SSSR count). The van der Waals surface area contributed by atoms with Gasteiger partial charge in [-0.3, -0.25) is 4.90 Å². The summed E-state index contributed by atoms with van der Waals surface area (Å²) in [5, 5.41) is 0. The minimum absolute atomic E-state index is 0.226. The first-order valence-corrected chi connectivity index (χ1v) is 7.50. The normalized spacial score (nSPS) is 41.5. The van der Waals surface area contributed by atoms with Gasteiger partial charge in [0.2, 0.25) is 0 Å². The molecule has 4 heteroatoms. The van der Waals surface area contributed by atoms with Crippen molar-refractivity contribution in [2.45, 2.75) is 49.7 Å². The molecule has 0 spiro atoms. The summed E-state index contributed by atoms with van der Waals surface area (Å²) in [6.45, 7) is 5.16. The molecule has 3 heterocycles. The summed E-state index contributed by atoms with van der Waals surface area (Å²) < 4.78 is 5.55. The molecule has 0 aliphatic carbocycles. The lowest BCUT2D eigenvalue weighted by Gasteiger charge is -2.50. The predicted molar refractivity (Wildman–Crippen MR) is 72.6 cm³/mol. The molecule has 0 aromatic carbocycles. The van der Waals surface area contributed by atoms with Crippen LogP contribution in [0.5, 0.6) is 0 Å². The molecule has 0 aromatic rings. The van der Waals surface area contributed by atoms with Crippen molar-refractivity contribution in [3.63, 3.8) is 0 Å². The van der Waals surface area contributed by atoms with Gasteiger partial charge in [0.05, 0.1) is 6.61 Å². The van der Waals surface area contributed by atoms with Gasteiger partial charge in [0.25, 0.3) is 0 Å². The van der Waals surface area contributed by atoms with Crippen molar-refractivity contribution in [1.82, 2.24) is 9.80 Å². The van der Waals surface area contributed by atoms with Crippen molar-refractivity contribution >= 4 is 0 Å². The fourth-order valence-corrected chi connectivity index (χ4v) is 4.18. The number of likely N-dealkylation sites (N-methyl/N-ethyl adjacent to an activating group) is 1. The lowest BCUT2D eigenvalue weighted by molar-refractivity contribution is -0.00128. The topological polar surface area (TPSA) is 41.7 Å². The smallest absolute Gasteiger partial charge is 0.0622 e. The quantitative estimate of drug-likeness (QED) is 0.802. The summed E-state index contributed by atoms with van der Waals surface area (Å²) in [7, 11) is 2.27. The number of hydrogen-bond donors (Lipinski definition) is 1. The van der Waals surface area contributed by atoms with Gasteiger partial charge in [0.15, 0.2) is 0 Å². The van der Waals surface area contributed by atoms with E-state index in [1.54, 1.807) is 0 Å². The fraction of sp³-hybridized carbons (Fsp3) is 1.00. The minimum Gasteiger partial charge on any atom is -0.380 e. The molecule has 104 valence electrons. The number of fused-ring (bicyclic) bond motifs is 1. The Morgan fingerprint density at radius 2 is 2.28 bits per heavy atom. The molecule has 3 aliphatic rings. The van der Waals surface area contributed by atoms with E-state index in [4.69, 9.17) is 10.5 Å². The van der Waals surface area contributed by atoms with Crippen LogP contribution in [0.15, 0.2) is 0 Å². The second-order valence-electron chi connectivity index (χ2n) is 6.34. The Morgan fingerprint density at radius 1 is 1.39 bits per heavy atom. The highest BCUT2D eigenvalue weighted by Gasteiger charge is 2.45. The van der Waals surface area contributed by atoms with E-state index in [0.29, 0.717) is 6.04 Å². The summed E-state index contributed by atoms with van der Waals surface area (Å²) >= 11 is 0. The molecule has 18 heavy (non-hydrogen) atoms. The van der Waals surface area contributed by atoms with Gasteiger partial charge in [-0.05, 0) is 45.7 Å². The van der Waals surface area contributed by atoms with Gasteiger partial charge < -0.3 is 15.4 Å². The van der Waals surface area contributed by atoms with Gasteiger partial charge in [-0.1, -0.05) is 0 Å². The van der Waals surface area contributed by atoms with Gasteiger partial charge in [0, 0.05) is 37.3 Å². The van der Waals surface area contributed by atoms with Crippen molar-refractivity contribution in [3.8, 4) is 0 Å². The largest absolute Gasteiger partial charge is 0.380 e. The number of ether oxygens (including phenoxy) is 1. The van der Waals surface area contributed by atoms with Crippen LogP contribution in [0.25, 0.3) is 0 Å². The standard InChI is InChI=1S/C14H27N3O/c1-16(13-4-8-18-10-13)14(11-15)5-7-17-6-2-3-12(17)9-14/h12-13H,2-11,15H2,1H3. The molecule has 3 fully saturated rings. The van der Waals surface area contributed by atoms with Crippen LogP contribution in [0.2, 0.25) is 0 Å². The average Bonchev–Trinajstić information content (AvgIpc) is 3.07. The Morgan fingerprint density at radius 3 is 3.00 bits per heavy atom. The van der Waals surface area contributed by atoms with Crippen molar-refractivity contribution in [2.75, 3.05) is 39.9 Å². The van der Waals surface area contributed by atoms with Gasteiger partial charge in [-0.2, -0.15) is 0 Å². The molecule has 3 saturated heterocycles. The Hall–Kier alpha value is -0.160. The van der Waals surface area contributed by atoms with E-state index in [9.17, 15) is 0 Å². The molecule has 3 unspecified atom stereocenters. The van der Waals surface area contributed by atoms with E-state index < -0.39 is 0 Å². The van der Waals surface area contributed by atoms with Crippen LogP contribution in [0.3, 0.4) is 0 Å². The molecule has 4 nitrogen and oxygen atoms in total. The first kappa shape index (κ1) is 12.9. The fourth-order valence-electron chi connectivity index (χ4n) is 4.18. The molecule has 2 N–H and O–H groups in total. The van der Waals surface area contributed by atoms with Crippen LogP contribution in [0, 0.1) is 0 Å². The van der Waals surface area contributed by atoms with E-state index >= 15 is 0 Å². The van der Waals surface area contributed by atoms with Crippen molar-refractivity contribution < 1.29 is 4.74 Å². The van der Waals surface area contributed by atoms with Crippen LogP contribution in [0.4, 0.5) is 0 Å². The second kappa shape index (κ2) is 5.08. The third-order valence-electron chi connectivity index (χ3n) is 5.56. The molecule has 3 atom stereocenters. The number of nitrogens with zero attached hydrogens (tertiary/aromatic N) is 2. The van der Waals surface area contributed by atoms with Gasteiger partial charge in [-0.15, -0.1) is 0 Å². The van der Waals surface area contributed by atoms with Crippen molar-refractivity contribution in [2.24, 2.45) is 5.73 Å². The summed E-state index contributed by atoms with van der Waals surface area (Å²) in [5.74, 6) is 0. The minimum atomic E-state index is 0.226. The van der Waals surface area contributed by atoms with E-state index in [-0.39, 0.29) is 5.54 Å². The highest BCUT2D eigenvalue weighted by molar-refractivity contribution is 5.02. The van der Waals surface area contributed by atoms with Crippen LogP contribution >= 0.6 is 0 Å². The maximum Gasteiger partial charge on any atom is 0.0622 e. The maximum absolute atomic E-state index is 6.19. The molecule has 0 saturated carbocycles. The number of nitrogens with two attached hydrogens (primary N) is 1. The lowest BCUT2D eigenvalue weighted by atomic mass is 9.81. The molecular formula is C14H27N3O. The third kappa shape index (κ3) is 2.09. The molecule has 0 aromatic heterocycles. The Balaban J connectivity index is 1.72. The summed E-state index contributed by atoms with van der Waals surface area (Å²) in [6, 6.07) is 1.37. The number of hydrogen-bond acceptors (Lipinski definition) is 4. The van der Waals surface area contributed by atoms with Gasteiger partial charge in [0.1, 0.15) is 0 Å². The molecule has 0 bridgehead atoms. The van der Waals surface area contributed by atoms with E-state index in [0.717, 1.165) is 25.8 Å². The monoisotopic (exact) mass is 253 g/mol. The molecular weight excluding hydrogens is 226 g/mol. The van der Waals surface area contributed by atoms with Gasteiger partial charge >= 0.3 is 0 Å². The number of piperidine rings is 1. The Bertz CT molecular complexity index is 293. The van der Waals surface area contributed by atoms with Crippen LogP contribution in [-0.2, 0) is 4.74 Å². The highest BCUT2D eigenvalue weighted by Crippen LogP contribution is 2.37. The van der Waals surface area contributed by atoms with E-state index in [2.05, 4.69) is 16.8 Å². The first-order valence-electron chi connectivity index (χ1n) is 7.50. The highest BCUT2D eigenvalue weighted by atomic mass is 16.5. The van der Waals surface area contributed by atoms with Crippen molar-refractivity contribution in [1.29, 1.82) is 0 Å². The summed E-state index contributed by atoms with van der Waals surface area (Å²) in [6.07, 6.45) is 6.41. The van der Waals surface area contributed by atoms with Crippen LogP contribution in [-0.4, -0.2) is 67.3 Å². The molecule has 0 radical (unpaired) electrons.